The SMILES string of the molecule is CC(=O)N[C@H]1C[C@@H](n2cnc3c(NCC(c4ccccc4)c4ccccc4)nc(C(=O)NCCNC(=O)NC4CCN(c5ccccn5)CC4)nc32)[C@H](O)[C@@H]1O. The summed E-state index contributed by atoms with van der Waals surface area (Å²) in [6.07, 6.45) is 2.60. The first-order valence-electron chi connectivity index (χ1n) is 18.9. The van der Waals surface area contributed by atoms with E-state index in [0.717, 1.165) is 42.9 Å². The van der Waals surface area contributed by atoms with E-state index in [4.69, 9.17) is 0 Å². The number of hydrogen-bond donors (Lipinski definition) is 7. The van der Waals surface area contributed by atoms with Crippen LogP contribution >= 0.6 is 0 Å². The van der Waals surface area contributed by atoms with Crippen molar-refractivity contribution in [2.45, 2.75) is 62.4 Å². The van der Waals surface area contributed by atoms with E-state index >= 15 is 0 Å². The first kappa shape index (κ1) is 38.2. The predicted octanol–water partition coefficient (Wildman–Crippen LogP) is 2.33. The highest BCUT2D eigenvalue weighted by molar-refractivity contribution is 5.94. The normalized spacial score (nSPS) is 19.8. The molecule has 56 heavy (non-hydrogen) atoms. The van der Waals surface area contributed by atoms with Crippen LogP contribution in [-0.2, 0) is 4.79 Å². The minimum Gasteiger partial charge on any atom is -0.388 e. The van der Waals surface area contributed by atoms with Gasteiger partial charge >= 0.3 is 6.03 Å². The molecule has 4 heterocycles. The summed E-state index contributed by atoms with van der Waals surface area (Å²) in [5, 5.41) is 36.6. The monoisotopic (exact) mass is 761 g/mol. The lowest BCUT2D eigenvalue weighted by Gasteiger charge is -2.33. The Morgan fingerprint density at radius 1 is 0.821 bits per heavy atom. The van der Waals surface area contributed by atoms with Gasteiger partial charge < -0.3 is 46.3 Å². The molecule has 7 N–H and O–H groups in total. The van der Waals surface area contributed by atoms with E-state index in [1.165, 1.54) is 13.3 Å². The number of urea groups is 1. The Bertz CT molecular complexity index is 2060. The molecule has 4 amide bonds. The number of aromatic nitrogens is 5. The van der Waals surface area contributed by atoms with Crippen molar-refractivity contribution in [3.8, 4) is 0 Å². The third kappa shape index (κ3) is 8.87. The summed E-state index contributed by atoms with van der Waals surface area (Å²) in [5.74, 6) is 0.124. The van der Waals surface area contributed by atoms with Crippen molar-refractivity contribution < 1.29 is 24.6 Å². The number of anilines is 2. The molecule has 0 bridgehead atoms. The molecule has 0 spiro atoms. The van der Waals surface area contributed by atoms with Gasteiger partial charge in [0, 0.05) is 57.8 Å². The number of carbonyl (C=O) groups excluding carboxylic acids is 3. The summed E-state index contributed by atoms with van der Waals surface area (Å²) < 4.78 is 1.62. The van der Waals surface area contributed by atoms with Crippen molar-refractivity contribution in [3.63, 3.8) is 0 Å². The van der Waals surface area contributed by atoms with Gasteiger partial charge in [-0.2, -0.15) is 0 Å². The van der Waals surface area contributed by atoms with Crippen molar-refractivity contribution >= 4 is 40.6 Å². The molecule has 2 aromatic carbocycles. The fraction of sp³-hybridized carbons (Fsp3) is 0.375. The van der Waals surface area contributed by atoms with Gasteiger partial charge in [-0.05, 0) is 42.5 Å². The Balaban J connectivity index is 1.04. The number of nitrogens with zero attached hydrogens (tertiary/aromatic N) is 6. The average Bonchev–Trinajstić information content (AvgIpc) is 3.77. The number of pyridine rings is 1. The maximum Gasteiger partial charge on any atom is 0.315 e. The number of carbonyl (C=O) groups is 3. The van der Waals surface area contributed by atoms with Crippen LogP contribution in [0.5, 0.6) is 0 Å². The second-order valence-corrected chi connectivity index (χ2v) is 14.2. The molecule has 2 aliphatic rings. The Morgan fingerprint density at radius 3 is 2.16 bits per heavy atom. The van der Waals surface area contributed by atoms with E-state index in [1.54, 1.807) is 10.8 Å². The molecule has 0 unspecified atom stereocenters. The molecule has 1 aliphatic carbocycles. The Labute approximate surface area is 324 Å². The van der Waals surface area contributed by atoms with Gasteiger partial charge in [0.15, 0.2) is 11.5 Å². The smallest absolute Gasteiger partial charge is 0.315 e. The van der Waals surface area contributed by atoms with Crippen LogP contribution in [-0.4, -0.2) is 110 Å². The predicted molar refractivity (Wildman–Crippen MR) is 210 cm³/mol. The number of amides is 4. The summed E-state index contributed by atoms with van der Waals surface area (Å²) in [7, 11) is 0. The first-order valence-corrected chi connectivity index (χ1v) is 18.9. The number of aliphatic hydroxyl groups is 2. The van der Waals surface area contributed by atoms with Crippen molar-refractivity contribution in [2.75, 3.05) is 42.9 Å². The van der Waals surface area contributed by atoms with E-state index in [9.17, 15) is 24.6 Å². The second-order valence-electron chi connectivity index (χ2n) is 14.2. The van der Waals surface area contributed by atoms with Gasteiger partial charge in [-0.1, -0.05) is 66.7 Å². The minimum atomic E-state index is -1.24. The number of piperidine rings is 1. The van der Waals surface area contributed by atoms with Gasteiger partial charge in [0.25, 0.3) is 5.91 Å². The molecule has 0 radical (unpaired) electrons. The van der Waals surface area contributed by atoms with Gasteiger partial charge in [0.2, 0.25) is 11.7 Å². The molecule has 7 rings (SSSR count). The number of fused-ring (bicyclic) bond motifs is 1. The van der Waals surface area contributed by atoms with Gasteiger partial charge in [0.1, 0.15) is 23.5 Å². The van der Waals surface area contributed by atoms with E-state index < -0.39 is 30.2 Å². The highest BCUT2D eigenvalue weighted by atomic mass is 16.3. The van der Waals surface area contributed by atoms with Crippen LogP contribution in [0.25, 0.3) is 11.2 Å². The molecule has 1 aliphatic heterocycles. The highest BCUT2D eigenvalue weighted by Crippen LogP contribution is 2.34. The molecular weight excluding hydrogens is 715 g/mol. The van der Waals surface area contributed by atoms with Crippen LogP contribution in [0.4, 0.5) is 16.4 Å². The van der Waals surface area contributed by atoms with Crippen molar-refractivity contribution in [2.24, 2.45) is 0 Å². The quantitative estimate of drug-likeness (QED) is 0.0866. The molecule has 1 saturated carbocycles. The molecular formula is C40H47N11O5. The number of imidazole rings is 1. The zero-order chi connectivity index (χ0) is 39.0. The van der Waals surface area contributed by atoms with Crippen LogP contribution in [0, 0.1) is 0 Å². The summed E-state index contributed by atoms with van der Waals surface area (Å²) >= 11 is 0. The summed E-state index contributed by atoms with van der Waals surface area (Å²) in [5.41, 5.74) is 2.81. The van der Waals surface area contributed by atoms with Gasteiger partial charge in [-0.15, -0.1) is 0 Å². The lowest BCUT2D eigenvalue weighted by molar-refractivity contribution is -0.120. The van der Waals surface area contributed by atoms with Crippen molar-refractivity contribution in [3.05, 3.63) is 108 Å². The largest absolute Gasteiger partial charge is 0.388 e. The molecule has 5 aromatic rings. The third-order valence-corrected chi connectivity index (χ3v) is 10.4. The van der Waals surface area contributed by atoms with Crippen LogP contribution in [0.15, 0.2) is 91.4 Å². The molecule has 3 aromatic heterocycles. The molecule has 1 saturated heterocycles. The minimum absolute atomic E-state index is 0.0249. The standard InChI is InChI=1S/C40H47N11O5/c1-25(52)46-30-22-31(35(54)34(30)53)51-24-45-33-36(44-23-29(26-10-4-2-5-11-26)27-12-6-3-7-13-27)48-37(49-38(33)51)39(55)42-18-19-43-40(56)47-28-15-20-50(21-16-28)32-14-8-9-17-41-32/h2-14,17,24,28-31,34-35,53-54H,15-16,18-23H2,1H3,(H,42,55)(H,46,52)(H2,43,47,56)(H,44,48,49)/t30-,31+,34+,35-/m0/s1. The lowest BCUT2D eigenvalue weighted by Crippen LogP contribution is -2.49. The number of nitrogens with one attached hydrogen (secondary N) is 5. The van der Waals surface area contributed by atoms with Crippen LogP contribution in [0.1, 0.15) is 59.9 Å². The summed E-state index contributed by atoms with van der Waals surface area (Å²) in [6.45, 7) is 3.61. The zero-order valence-corrected chi connectivity index (χ0v) is 31.1. The second kappa shape index (κ2) is 17.6. The third-order valence-electron chi connectivity index (χ3n) is 10.4. The van der Waals surface area contributed by atoms with Gasteiger partial charge in [0.05, 0.1) is 18.4 Å². The number of benzene rings is 2. The maximum absolute atomic E-state index is 13.6. The van der Waals surface area contributed by atoms with Gasteiger partial charge in [-0.3, -0.25) is 9.59 Å². The number of rotatable bonds is 13. The van der Waals surface area contributed by atoms with E-state index in [1.807, 2.05) is 54.6 Å². The zero-order valence-electron chi connectivity index (χ0n) is 31.1. The molecule has 16 nitrogen and oxygen atoms in total. The van der Waals surface area contributed by atoms with Crippen LogP contribution in [0.3, 0.4) is 0 Å². The van der Waals surface area contributed by atoms with E-state index in [-0.39, 0.29) is 54.9 Å². The number of hydrogen-bond acceptors (Lipinski definition) is 11. The molecule has 4 atom stereocenters. The highest BCUT2D eigenvalue weighted by Gasteiger charge is 2.43. The van der Waals surface area contributed by atoms with E-state index in [2.05, 4.69) is 75.7 Å². The van der Waals surface area contributed by atoms with Crippen molar-refractivity contribution in [1.82, 2.24) is 45.8 Å². The fourth-order valence-electron chi connectivity index (χ4n) is 7.53. The summed E-state index contributed by atoms with van der Waals surface area (Å²) in [4.78, 5) is 58.6. The van der Waals surface area contributed by atoms with Crippen LogP contribution < -0.4 is 31.5 Å². The van der Waals surface area contributed by atoms with Gasteiger partial charge in [-0.25, -0.2) is 24.7 Å². The lowest BCUT2D eigenvalue weighted by atomic mass is 9.91. The summed E-state index contributed by atoms with van der Waals surface area (Å²) in [6, 6.07) is 24.3. The maximum atomic E-state index is 13.6. The Morgan fingerprint density at radius 2 is 1.50 bits per heavy atom. The average molecular weight is 762 g/mol. The number of aliphatic hydroxyl groups excluding tert-OH is 2. The Hall–Kier alpha value is -6.13. The fourth-order valence-corrected chi connectivity index (χ4v) is 7.53. The molecule has 292 valence electrons. The van der Waals surface area contributed by atoms with Crippen molar-refractivity contribution in [1.29, 1.82) is 0 Å². The first-order chi connectivity index (χ1) is 27.2. The molecule has 16 heteroatoms. The Kier molecular flexibility index (Phi) is 12.0. The van der Waals surface area contributed by atoms with E-state index in [0.29, 0.717) is 17.9 Å². The molecule has 2 fully saturated rings. The van der Waals surface area contributed by atoms with Crippen LogP contribution in [0.2, 0.25) is 0 Å². The topological polar surface area (TPSA) is 212 Å².